The van der Waals surface area contributed by atoms with Gasteiger partial charge in [0.25, 0.3) is 0 Å². The van der Waals surface area contributed by atoms with Crippen molar-refractivity contribution in [1.29, 1.82) is 0 Å². The molecule has 2 fully saturated rings. The molecule has 0 atom stereocenters. The molecule has 0 spiro atoms. The molecule has 0 bridgehead atoms. The predicted molar refractivity (Wildman–Crippen MR) is 109 cm³/mol. The maximum Gasteiger partial charge on any atom is 2.00 e. The molecule has 8 nitrogen and oxygen atoms in total. The minimum absolute atomic E-state index is 0. The van der Waals surface area contributed by atoms with Crippen LogP contribution in [0.5, 0.6) is 0 Å². The molecule has 1 heterocycles. The Morgan fingerprint density at radius 2 is 1.55 bits per heavy atom. The van der Waals surface area contributed by atoms with Gasteiger partial charge in [0.05, 0.1) is 35.0 Å². The van der Waals surface area contributed by atoms with E-state index in [1.54, 1.807) is 44.0 Å². The first-order valence-corrected chi connectivity index (χ1v) is 10.6. The molecular weight excluding hydrogens is 460 g/mol. The summed E-state index contributed by atoms with van der Waals surface area (Å²) in [7, 11) is -3.73. The molecule has 1 aromatic heterocycles. The van der Waals surface area contributed by atoms with Crippen LogP contribution in [0.2, 0.25) is 0 Å². The number of rotatable bonds is 6. The fourth-order valence-corrected chi connectivity index (χ4v) is 3.01. The van der Waals surface area contributed by atoms with Crippen molar-refractivity contribution in [3.8, 4) is 5.69 Å². The van der Waals surface area contributed by atoms with Gasteiger partial charge in [-0.2, -0.15) is 0 Å². The second-order valence-corrected chi connectivity index (χ2v) is 7.78. The molecular formula is C21H20FeN4O4S+2. The van der Waals surface area contributed by atoms with Crippen LogP contribution < -0.4 is 5.14 Å². The molecule has 0 saturated heterocycles. The van der Waals surface area contributed by atoms with E-state index < -0.39 is 10.0 Å². The van der Waals surface area contributed by atoms with E-state index in [1.807, 2.05) is 32.1 Å². The summed E-state index contributed by atoms with van der Waals surface area (Å²) in [5.41, 5.74) is 1.28. The van der Waals surface area contributed by atoms with E-state index in [0.29, 0.717) is 23.7 Å². The molecule has 160 valence electrons. The number of aromatic nitrogens is 3. The summed E-state index contributed by atoms with van der Waals surface area (Å²) in [6.07, 6.45) is 19.0. The first kappa shape index (κ1) is 25.5. The van der Waals surface area contributed by atoms with Gasteiger partial charge in [0, 0.05) is 6.42 Å². The Balaban J connectivity index is 0.000000501. The fraction of sp³-hybridized carbons (Fsp3) is 0.0952. The van der Waals surface area contributed by atoms with Gasteiger partial charge in [-0.15, -0.1) is 5.10 Å². The van der Waals surface area contributed by atoms with Crippen molar-refractivity contribution in [3.05, 3.63) is 99.9 Å². The number of ether oxygens (including phenoxy) is 1. The number of primary sulfonamides is 1. The van der Waals surface area contributed by atoms with Crippen LogP contribution in [0.4, 0.5) is 0 Å². The number of benzene rings is 1. The van der Waals surface area contributed by atoms with E-state index in [0.717, 1.165) is 0 Å². The maximum atomic E-state index is 11.7. The van der Waals surface area contributed by atoms with Crippen molar-refractivity contribution in [2.75, 3.05) is 6.61 Å². The Labute approximate surface area is 194 Å². The van der Waals surface area contributed by atoms with Gasteiger partial charge in [0.1, 0.15) is 0 Å². The van der Waals surface area contributed by atoms with Crippen LogP contribution >= 0.6 is 0 Å². The average molecular weight is 480 g/mol. The van der Waals surface area contributed by atoms with Gasteiger partial charge in [-0.05, 0) is 82.1 Å². The maximum absolute atomic E-state index is 11.7. The van der Waals surface area contributed by atoms with Crippen molar-refractivity contribution in [2.24, 2.45) is 5.14 Å². The van der Waals surface area contributed by atoms with Crippen molar-refractivity contribution in [3.63, 3.8) is 0 Å². The smallest absolute Gasteiger partial charge is 0.465 e. The molecule has 10 heteroatoms. The molecule has 2 aliphatic carbocycles. The summed E-state index contributed by atoms with van der Waals surface area (Å²) in [6.45, 7) is 0.188. The molecule has 2 aliphatic rings. The Kier molecular flexibility index (Phi) is 10.2. The molecule has 0 aliphatic heterocycles. The van der Waals surface area contributed by atoms with Gasteiger partial charge < -0.3 is 4.74 Å². The summed E-state index contributed by atoms with van der Waals surface area (Å²) in [4.78, 5) is 11.7. The Bertz CT molecular complexity index is 914. The monoisotopic (exact) mass is 480 g/mol. The zero-order valence-corrected chi connectivity index (χ0v) is 18.2. The standard InChI is InChI=1S/C16H15N4O4S.C5H5.Fe/c17-25(22,23)15-7-5-14(6-8-15)20-11-13(18-19-20)9-10-24-16(21)12-3-1-2-4-12;1-2-4-5-3-1;/h1-8,11H,9-10H2,(H2,17,22,23);1-5H;/q;;+2. The summed E-state index contributed by atoms with van der Waals surface area (Å²) < 4.78 is 29.2. The van der Waals surface area contributed by atoms with Crippen LogP contribution in [-0.2, 0) is 43.0 Å². The SMILES string of the molecule is NS(=O)(=O)c1ccc(-n2cc(CCOC(=O)[C]3[CH][CH][CH][CH]3)nn2)cc1.[CH]1[CH][CH][CH][CH]1.[Fe+2]. The third-order valence-electron chi connectivity index (χ3n) is 4.02. The van der Waals surface area contributed by atoms with Crippen molar-refractivity contribution < 1.29 is 35.0 Å². The number of hydrogen-bond acceptors (Lipinski definition) is 6. The second kappa shape index (κ2) is 12.3. The zero-order chi connectivity index (χ0) is 21.4. The second-order valence-electron chi connectivity index (χ2n) is 6.22. The first-order valence-electron chi connectivity index (χ1n) is 9.03. The van der Waals surface area contributed by atoms with Crippen LogP contribution in [0, 0.1) is 63.7 Å². The zero-order valence-electron chi connectivity index (χ0n) is 16.3. The number of hydrogen-bond donors (Lipinski definition) is 1. The minimum atomic E-state index is -3.73. The van der Waals surface area contributed by atoms with Crippen LogP contribution in [0.25, 0.3) is 5.69 Å². The van der Waals surface area contributed by atoms with Gasteiger partial charge in [0.2, 0.25) is 10.0 Å². The number of esters is 1. The molecule has 4 rings (SSSR count). The summed E-state index contributed by atoms with van der Waals surface area (Å²) >= 11 is 0. The average Bonchev–Trinajstić information content (AvgIpc) is 3.51. The Morgan fingerprint density at radius 3 is 2.10 bits per heavy atom. The van der Waals surface area contributed by atoms with Crippen molar-refractivity contribution in [1.82, 2.24) is 15.0 Å². The van der Waals surface area contributed by atoms with Gasteiger partial charge >= 0.3 is 23.0 Å². The summed E-state index contributed by atoms with van der Waals surface area (Å²) in [6, 6.07) is 5.95. The molecule has 10 radical (unpaired) electrons. The minimum Gasteiger partial charge on any atom is -0.465 e. The number of sulfonamides is 1. The van der Waals surface area contributed by atoms with E-state index in [2.05, 4.69) is 10.3 Å². The Morgan fingerprint density at radius 1 is 0.968 bits per heavy atom. The summed E-state index contributed by atoms with van der Waals surface area (Å²) in [5.74, 6) is 0.134. The molecule has 1 aromatic carbocycles. The quantitative estimate of drug-likeness (QED) is 0.494. The largest absolute Gasteiger partial charge is 2.00 e. The van der Waals surface area contributed by atoms with Crippen molar-refractivity contribution in [2.45, 2.75) is 11.3 Å². The topological polar surface area (TPSA) is 117 Å². The van der Waals surface area contributed by atoms with E-state index in [4.69, 9.17) is 9.88 Å². The van der Waals surface area contributed by atoms with Crippen molar-refractivity contribution >= 4 is 16.0 Å². The number of carbonyl (C=O) groups is 1. The van der Waals surface area contributed by atoms with E-state index >= 15 is 0 Å². The van der Waals surface area contributed by atoms with E-state index in [1.165, 1.54) is 16.8 Å². The Hall–Kier alpha value is -1.74. The molecule has 2 aromatic rings. The van der Waals surface area contributed by atoms with E-state index in [-0.39, 0.29) is 34.5 Å². The molecule has 31 heavy (non-hydrogen) atoms. The van der Waals surface area contributed by atoms with Crippen LogP contribution in [0.1, 0.15) is 5.69 Å². The van der Waals surface area contributed by atoms with Crippen LogP contribution in [0.3, 0.4) is 0 Å². The molecule has 2 saturated carbocycles. The van der Waals surface area contributed by atoms with Gasteiger partial charge in [-0.25, -0.2) is 18.2 Å². The van der Waals surface area contributed by atoms with E-state index in [9.17, 15) is 13.2 Å². The van der Waals surface area contributed by atoms with Crippen LogP contribution in [0.15, 0.2) is 35.4 Å². The molecule has 2 N–H and O–H groups in total. The number of nitrogens with two attached hydrogens (primary N) is 1. The number of carbonyl (C=O) groups excluding carboxylic acids is 1. The normalized spacial score (nSPS) is 16.3. The third kappa shape index (κ3) is 8.03. The first-order chi connectivity index (χ1) is 14.4. The van der Waals surface area contributed by atoms with Crippen LogP contribution in [-0.4, -0.2) is 36.0 Å². The molecule has 0 unspecified atom stereocenters. The fourth-order valence-electron chi connectivity index (χ4n) is 2.49. The molecule has 0 amide bonds. The number of nitrogens with zero attached hydrogens (tertiary/aromatic N) is 3. The van der Waals surface area contributed by atoms with Gasteiger partial charge in [0.15, 0.2) is 0 Å². The van der Waals surface area contributed by atoms with Gasteiger partial charge in [-0.3, -0.25) is 4.79 Å². The third-order valence-corrected chi connectivity index (χ3v) is 4.95. The predicted octanol–water partition coefficient (Wildman–Crippen LogP) is 1.42. The summed E-state index contributed by atoms with van der Waals surface area (Å²) in [5, 5.41) is 13.0. The van der Waals surface area contributed by atoms with Gasteiger partial charge in [-0.1, -0.05) is 5.21 Å².